The molecule has 1 nitrogen and oxygen atoms in total. The maximum atomic E-state index is 5.33. The second-order valence-corrected chi connectivity index (χ2v) is 2.47. The zero-order valence-electron chi connectivity index (χ0n) is 6.62. The molecule has 0 aromatic heterocycles. The van der Waals surface area contributed by atoms with Crippen LogP contribution in [-0.4, -0.2) is 7.28 Å². The third-order valence-corrected chi connectivity index (χ3v) is 1.46. The lowest BCUT2D eigenvalue weighted by molar-refractivity contribution is 1.51. The Kier molecular flexibility index (Phi) is 2.78. The normalized spacial score (nSPS) is 11.2. The van der Waals surface area contributed by atoms with Crippen LogP contribution in [0.15, 0.2) is 42.0 Å². The molecule has 0 unspecified atom stereocenters. The molecule has 1 rings (SSSR count). The number of allylic oxidation sites excluding steroid dienone is 1. The van der Waals surface area contributed by atoms with Crippen LogP contribution < -0.4 is 11.2 Å². The van der Waals surface area contributed by atoms with Gasteiger partial charge in [0.15, 0.2) is 7.28 Å². The van der Waals surface area contributed by atoms with Crippen LogP contribution in [0, 0.1) is 0 Å². The van der Waals surface area contributed by atoms with Gasteiger partial charge in [0.2, 0.25) is 0 Å². The highest BCUT2D eigenvalue weighted by Crippen LogP contribution is 1.87. The van der Waals surface area contributed by atoms with Crippen molar-refractivity contribution in [3.8, 4) is 0 Å². The molecule has 0 heterocycles. The summed E-state index contributed by atoms with van der Waals surface area (Å²) >= 11 is 0. The molecule has 55 valence electrons. The number of benzene rings is 1. The molecule has 0 saturated carbocycles. The molecule has 0 aliphatic rings. The van der Waals surface area contributed by atoms with E-state index in [1.165, 1.54) is 5.46 Å². The van der Waals surface area contributed by atoms with Crippen LogP contribution in [-0.2, 0) is 0 Å². The van der Waals surface area contributed by atoms with Crippen molar-refractivity contribution in [1.29, 1.82) is 0 Å². The van der Waals surface area contributed by atoms with E-state index in [0.29, 0.717) is 0 Å². The van der Waals surface area contributed by atoms with E-state index in [1.54, 1.807) is 6.20 Å². The predicted octanol–water partition coefficient (Wildman–Crippen LogP) is 0.836. The molecule has 2 N–H and O–H groups in total. The average molecular weight is 144 g/mol. The minimum atomic E-state index is 1.08. The largest absolute Gasteiger partial charge is 0.405 e. The number of hydrogen-bond acceptors (Lipinski definition) is 1. The van der Waals surface area contributed by atoms with E-state index in [4.69, 9.17) is 5.73 Å². The molecule has 11 heavy (non-hydrogen) atoms. The zero-order valence-corrected chi connectivity index (χ0v) is 6.62. The van der Waals surface area contributed by atoms with Gasteiger partial charge in [-0.3, -0.25) is 0 Å². The first-order valence-electron chi connectivity index (χ1n) is 3.61. The maximum Gasteiger partial charge on any atom is 0.187 e. The van der Waals surface area contributed by atoms with Crippen LogP contribution in [0.1, 0.15) is 6.92 Å². The van der Waals surface area contributed by atoms with Crippen LogP contribution in [0.25, 0.3) is 0 Å². The number of hydrogen-bond donors (Lipinski definition) is 1. The van der Waals surface area contributed by atoms with E-state index in [1.807, 2.05) is 44.5 Å². The maximum absolute atomic E-state index is 5.33. The van der Waals surface area contributed by atoms with Crippen LogP contribution in [0.4, 0.5) is 0 Å². The van der Waals surface area contributed by atoms with Gasteiger partial charge in [0.05, 0.1) is 0 Å². The molecule has 0 amide bonds. The van der Waals surface area contributed by atoms with Gasteiger partial charge in [-0.05, 0) is 6.20 Å². The van der Waals surface area contributed by atoms with Gasteiger partial charge in [0.25, 0.3) is 0 Å². The van der Waals surface area contributed by atoms with Crippen molar-refractivity contribution in [2.45, 2.75) is 6.92 Å². The standard InChI is InChI=1S/C9H11BN/c1-8(7-11)10-9-5-3-2-4-6-9/h2-7H,11H2,1H3/b8-7+. The highest BCUT2D eigenvalue weighted by atomic mass is 14.5. The first kappa shape index (κ1) is 7.93. The molecule has 2 heteroatoms. The highest BCUT2D eigenvalue weighted by Gasteiger charge is 1.93. The first-order valence-corrected chi connectivity index (χ1v) is 3.61. The Balaban J connectivity index is 2.65. The molecule has 0 bridgehead atoms. The molecule has 0 aliphatic carbocycles. The van der Waals surface area contributed by atoms with Gasteiger partial charge in [0.1, 0.15) is 0 Å². The molecule has 1 radical (unpaired) electrons. The summed E-state index contributed by atoms with van der Waals surface area (Å²) in [7, 11) is 2.04. The van der Waals surface area contributed by atoms with E-state index >= 15 is 0 Å². The monoisotopic (exact) mass is 144 g/mol. The topological polar surface area (TPSA) is 26.0 Å². The van der Waals surface area contributed by atoms with E-state index < -0.39 is 0 Å². The second kappa shape index (κ2) is 3.86. The Morgan fingerprint density at radius 1 is 1.36 bits per heavy atom. The minimum absolute atomic E-state index is 1.08. The molecule has 0 saturated heterocycles. The van der Waals surface area contributed by atoms with Gasteiger partial charge in [0, 0.05) is 0 Å². The summed E-state index contributed by atoms with van der Waals surface area (Å²) in [6.07, 6.45) is 1.60. The summed E-state index contributed by atoms with van der Waals surface area (Å²) in [5.41, 5.74) is 7.59. The Labute approximate surface area is 68.2 Å². The summed E-state index contributed by atoms with van der Waals surface area (Å²) < 4.78 is 0. The smallest absolute Gasteiger partial charge is 0.187 e. The Morgan fingerprint density at radius 2 is 2.00 bits per heavy atom. The van der Waals surface area contributed by atoms with Crippen molar-refractivity contribution in [3.63, 3.8) is 0 Å². The third kappa shape index (κ3) is 2.50. The van der Waals surface area contributed by atoms with Crippen LogP contribution >= 0.6 is 0 Å². The van der Waals surface area contributed by atoms with Gasteiger partial charge in [-0.1, -0.05) is 48.2 Å². The van der Waals surface area contributed by atoms with Crippen LogP contribution in [0.5, 0.6) is 0 Å². The van der Waals surface area contributed by atoms with Gasteiger partial charge in [-0.15, -0.1) is 0 Å². The van der Waals surface area contributed by atoms with E-state index in [9.17, 15) is 0 Å². The average Bonchev–Trinajstić information content (AvgIpc) is 2.06. The lowest BCUT2D eigenvalue weighted by atomic mass is 9.64. The van der Waals surface area contributed by atoms with Crippen molar-refractivity contribution in [3.05, 3.63) is 42.0 Å². The molecule has 1 aromatic carbocycles. The molecule has 0 spiro atoms. The van der Waals surface area contributed by atoms with Crippen molar-refractivity contribution in [1.82, 2.24) is 0 Å². The second-order valence-electron chi connectivity index (χ2n) is 2.47. The highest BCUT2D eigenvalue weighted by molar-refractivity contribution is 6.60. The van der Waals surface area contributed by atoms with Crippen molar-refractivity contribution in [2.75, 3.05) is 0 Å². The molecule has 0 atom stereocenters. The van der Waals surface area contributed by atoms with Gasteiger partial charge < -0.3 is 5.73 Å². The fraction of sp³-hybridized carbons (Fsp3) is 0.111. The molecule has 0 aliphatic heterocycles. The SMILES string of the molecule is C/C([B]c1ccccc1)=C\N. The summed E-state index contributed by atoms with van der Waals surface area (Å²) in [6, 6.07) is 10.1. The number of rotatable bonds is 2. The van der Waals surface area contributed by atoms with E-state index in [0.717, 1.165) is 5.47 Å². The summed E-state index contributed by atoms with van der Waals surface area (Å²) in [4.78, 5) is 0. The van der Waals surface area contributed by atoms with Gasteiger partial charge >= 0.3 is 0 Å². The van der Waals surface area contributed by atoms with E-state index in [-0.39, 0.29) is 0 Å². The minimum Gasteiger partial charge on any atom is -0.405 e. The quantitative estimate of drug-likeness (QED) is 0.611. The number of nitrogens with two attached hydrogens (primary N) is 1. The Hall–Kier alpha value is -1.18. The summed E-state index contributed by atoms with van der Waals surface area (Å²) in [5, 5.41) is 0. The molecule has 0 fully saturated rings. The molecule has 1 aromatic rings. The lowest BCUT2D eigenvalue weighted by Crippen LogP contribution is -2.14. The molecular weight excluding hydrogens is 133 g/mol. The Bertz CT molecular complexity index is 241. The predicted molar refractivity (Wildman–Crippen MR) is 49.8 cm³/mol. The Morgan fingerprint density at radius 3 is 2.55 bits per heavy atom. The van der Waals surface area contributed by atoms with Crippen molar-refractivity contribution >= 4 is 12.7 Å². The van der Waals surface area contributed by atoms with Gasteiger partial charge in [-0.25, -0.2) is 0 Å². The fourth-order valence-electron chi connectivity index (χ4n) is 0.860. The van der Waals surface area contributed by atoms with Crippen molar-refractivity contribution < 1.29 is 0 Å². The molecular formula is C9H11BN. The first-order chi connectivity index (χ1) is 5.33. The van der Waals surface area contributed by atoms with Crippen molar-refractivity contribution in [2.24, 2.45) is 5.73 Å². The fourth-order valence-corrected chi connectivity index (χ4v) is 0.860. The third-order valence-electron chi connectivity index (χ3n) is 1.46. The van der Waals surface area contributed by atoms with Gasteiger partial charge in [-0.2, -0.15) is 0 Å². The zero-order chi connectivity index (χ0) is 8.10. The van der Waals surface area contributed by atoms with E-state index in [2.05, 4.69) is 0 Å². The lowest BCUT2D eigenvalue weighted by Gasteiger charge is -1.96. The van der Waals surface area contributed by atoms with Crippen LogP contribution in [0.2, 0.25) is 0 Å². The summed E-state index contributed by atoms with van der Waals surface area (Å²) in [6.45, 7) is 1.98. The summed E-state index contributed by atoms with van der Waals surface area (Å²) in [5.74, 6) is 0. The van der Waals surface area contributed by atoms with Crippen LogP contribution in [0.3, 0.4) is 0 Å².